The predicted molar refractivity (Wildman–Crippen MR) is 73.5 cm³/mol. The maximum Gasteiger partial charge on any atom is 0.124 e. The molecule has 0 aromatic heterocycles. The summed E-state index contributed by atoms with van der Waals surface area (Å²) in [5.41, 5.74) is 1.54. The van der Waals surface area contributed by atoms with Crippen molar-refractivity contribution in [3.63, 3.8) is 0 Å². The van der Waals surface area contributed by atoms with Crippen molar-refractivity contribution in [2.24, 2.45) is 0 Å². The van der Waals surface area contributed by atoms with Crippen LogP contribution in [0.3, 0.4) is 0 Å². The molecule has 0 aliphatic rings. The molecule has 0 amide bonds. The predicted octanol–water partition coefficient (Wildman–Crippen LogP) is 4.86. The SMILES string of the molecule is N#Cc1cc(F)ccc1Nc1ccc(Cl)cc1Br. The van der Waals surface area contributed by atoms with Gasteiger partial charge in [0.1, 0.15) is 11.9 Å². The van der Waals surface area contributed by atoms with Crippen LogP contribution in [0.1, 0.15) is 5.56 Å². The molecule has 2 nitrogen and oxygen atoms in total. The van der Waals surface area contributed by atoms with Crippen molar-refractivity contribution in [2.45, 2.75) is 0 Å². The van der Waals surface area contributed by atoms with E-state index < -0.39 is 5.82 Å². The van der Waals surface area contributed by atoms with Crippen LogP contribution in [0, 0.1) is 17.1 Å². The second-order valence-corrected chi connectivity index (χ2v) is 4.84. The van der Waals surface area contributed by atoms with Gasteiger partial charge in [0.05, 0.1) is 16.9 Å². The molecule has 2 aromatic carbocycles. The van der Waals surface area contributed by atoms with E-state index in [-0.39, 0.29) is 5.56 Å². The average molecular weight is 326 g/mol. The van der Waals surface area contributed by atoms with Gasteiger partial charge in [-0.1, -0.05) is 11.6 Å². The maximum atomic E-state index is 13.0. The lowest BCUT2D eigenvalue weighted by molar-refractivity contribution is 0.627. The van der Waals surface area contributed by atoms with E-state index in [0.29, 0.717) is 10.7 Å². The summed E-state index contributed by atoms with van der Waals surface area (Å²) in [6.45, 7) is 0. The van der Waals surface area contributed by atoms with E-state index in [9.17, 15) is 4.39 Å². The largest absolute Gasteiger partial charge is 0.354 e. The summed E-state index contributed by atoms with van der Waals surface area (Å²) in [7, 11) is 0. The summed E-state index contributed by atoms with van der Waals surface area (Å²) in [6.07, 6.45) is 0. The Kier molecular flexibility index (Phi) is 3.85. The third-order valence-electron chi connectivity index (χ3n) is 2.30. The van der Waals surface area contributed by atoms with Crippen molar-refractivity contribution in [3.05, 3.63) is 57.3 Å². The van der Waals surface area contributed by atoms with Crippen LogP contribution in [-0.4, -0.2) is 0 Å². The second kappa shape index (κ2) is 5.38. The van der Waals surface area contributed by atoms with Crippen molar-refractivity contribution in [1.82, 2.24) is 0 Å². The fourth-order valence-electron chi connectivity index (χ4n) is 1.45. The number of nitriles is 1. The molecule has 0 heterocycles. The van der Waals surface area contributed by atoms with Crippen LogP contribution in [0.25, 0.3) is 0 Å². The first-order valence-electron chi connectivity index (χ1n) is 5.02. The van der Waals surface area contributed by atoms with Gasteiger partial charge in [-0.05, 0) is 52.3 Å². The Hall–Kier alpha value is -1.57. The van der Waals surface area contributed by atoms with Gasteiger partial charge in [-0.2, -0.15) is 5.26 Å². The van der Waals surface area contributed by atoms with Gasteiger partial charge < -0.3 is 5.32 Å². The van der Waals surface area contributed by atoms with Gasteiger partial charge in [0.2, 0.25) is 0 Å². The van der Waals surface area contributed by atoms with Crippen LogP contribution < -0.4 is 5.32 Å². The number of benzene rings is 2. The van der Waals surface area contributed by atoms with Crippen LogP contribution in [0.15, 0.2) is 40.9 Å². The molecule has 0 aliphatic carbocycles. The van der Waals surface area contributed by atoms with Gasteiger partial charge in [0, 0.05) is 9.50 Å². The summed E-state index contributed by atoms with van der Waals surface area (Å²) in [4.78, 5) is 0. The molecule has 0 aliphatic heterocycles. The molecule has 90 valence electrons. The van der Waals surface area contributed by atoms with Crippen LogP contribution in [0.5, 0.6) is 0 Å². The molecule has 0 unspecified atom stereocenters. The molecular formula is C13H7BrClFN2. The molecule has 2 rings (SSSR count). The second-order valence-electron chi connectivity index (χ2n) is 3.55. The molecule has 2 aromatic rings. The fraction of sp³-hybridized carbons (Fsp3) is 0. The van der Waals surface area contributed by atoms with Gasteiger partial charge in [-0.15, -0.1) is 0 Å². The molecule has 0 fully saturated rings. The number of hydrogen-bond donors (Lipinski definition) is 1. The Morgan fingerprint density at radius 1 is 1.17 bits per heavy atom. The molecule has 0 radical (unpaired) electrons. The van der Waals surface area contributed by atoms with E-state index in [1.807, 2.05) is 6.07 Å². The van der Waals surface area contributed by atoms with Crippen molar-refractivity contribution in [1.29, 1.82) is 5.26 Å². The van der Waals surface area contributed by atoms with Gasteiger partial charge in [-0.3, -0.25) is 0 Å². The number of hydrogen-bond acceptors (Lipinski definition) is 2. The van der Waals surface area contributed by atoms with Crippen LogP contribution in [-0.2, 0) is 0 Å². The summed E-state index contributed by atoms with van der Waals surface area (Å²) < 4.78 is 13.8. The molecule has 1 N–H and O–H groups in total. The van der Waals surface area contributed by atoms with Gasteiger partial charge in [-0.25, -0.2) is 4.39 Å². The Balaban J connectivity index is 2.37. The van der Waals surface area contributed by atoms with E-state index in [0.717, 1.165) is 10.2 Å². The first-order valence-corrected chi connectivity index (χ1v) is 6.19. The van der Waals surface area contributed by atoms with Crippen molar-refractivity contribution >= 4 is 38.9 Å². The lowest BCUT2D eigenvalue weighted by Crippen LogP contribution is -1.95. The van der Waals surface area contributed by atoms with E-state index in [1.54, 1.807) is 18.2 Å². The monoisotopic (exact) mass is 324 g/mol. The maximum absolute atomic E-state index is 13.0. The minimum absolute atomic E-state index is 0.247. The summed E-state index contributed by atoms with van der Waals surface area (Å²) in [6, 6.07) is 11.2. The van der Waals surface area contributed by atoms with Gasteiger partial charge in [0.25, 0.3) is 0 Å². The summed E-state index contributed by atoms with van der Waals surface area (Å²) in [5, 5.41) is 12.6. The quantitative estimate of drug-likeness (QED) is 0.856. The smallest absolute Gasteiger partial charge is 0.124 e. The minimum atomic E-state index is -0.438. The Labute approximate surface area is 117 Å². The normalized spacial score (nSPS) is 9.89. The highest BCUT2D eigenvalue weighted by Crippen LogP contribution is 2.29. The molecular weight excluding hydrogens is 319 g/mol. The van der Waals surface area contributed by atoms with E-state index >= 15 is 0 Å². The lowest BCUT2D eigenvalue weighted by Gasteiger charge is -2.10. The summed E-state index contributed by atoms with van der Waals surface area (Å²) >= 11 is 9.20. The Morgan fingerprint density at radius 3 is 2.56 bits per heavy atom. The van der Waals surface area contributed by atoms with E-state index in [2.05, 4.69) is 21.2 Å². The molecule has 5 heteroatoms. The highest BCUT2D eigenvalue weighted by Gasteiger charge is 2.06. The number of nitrogens with zero attached hydrogens (tertiary/aromatic N) is 1. The number of rotatable bonds is 2. The van der Waals surface area contributed by atoms with Crippen LogP contribution >= 0.6 is 27.5 Å². The van der Waals surface area contributed by atoms with E-state index in [1.165, 1.54) is 18.2 Å². The van der Waals surface area contributed by atoms with E-state index in [4.69, 9.17) is 16.9 Å². The highest BCUT2D eigenvalue weighted by atomic mass is 79.9. The summed E-state index contributed by atoms with van der Waals surface area (Å²) in [5.74, 6) is -0.438. The van der Waals surface area contributed by atoms with Crippen LogP contribution in [0.4, 0.5) is 15.8 Å². The van der Waals surface area contributed by atoms with Gasteiger partial charge in [0.15, 0.2) is 0 Å². The number of anilines is 2. The molecule has 0 spiro atoms. The zero-order chi connectivity index (χ0) is 13.1. The zero-order valence-electron chi connectivity index (χ0n) is 9.05. The fourth-order valence-corrected chi connectivity index (χ4v) is 2.24. The first kappa shape index (κ1) is 12.9. The number of halogens is 3. The molecule has 0 saturated carbocycles. The third-order valence-corrected chi connectivity index (χ3v) is 3.19. The Bertz CT molecular complexity index is 637. The van der Waals surface area contributed by atoms with Crippen LogP contribution in [0.2, 0.25) is 5.02 Å². The molecule has 0 bridgehead atoms. The zero-order valence-corrected chi connectivity index (χ0v) is 11.4. The topological polar surface area (TPSA) is 35.8 Å². The van der Waals surface area contributed by atoms with Crippen molar-refractivity contribution in [3.8, 4) is 6.07 Å². The minimum Gasteiger partial charge on any atom is -0.354 e. The molecule has 0 atom stereocenters. The first-order chi connectivity index (χ1) is 8.60. The third kappa shape index (κ3) is 2.81. The molecule has 18 heavy (non-hydrogen) atoms. The molecule has 0 saturated heterocycles. The Morgan fingerprint density at radius 2 is 1.89 bits per heavy atom. The van der Waals surface area contributed by atoms with Crippen molar-refractivity contribution in [2.75, 3.05) is 5.32 Å². The number of nitrogens with one attached hydrogen (secondary N) is 1. The highest BCUT2D eigenvalue weighted by molar-refractivity contribution is 9.10. The van der Waals surface area contributed by atoms with Crippen molar-refractivity contribution < 1.29 is 4.39 Å². The van der Waals surface area contributed by atoms with Gasteiger partial charge >= 0.3 is 0 Å². The average Bonchev–Trinajstić information content (AvgIpc) is 2.34. The lowest BCUT2D eigenvalue weighted by atomic mass is 10.2. The standard InChI is InChI=1S/C13H7BrClFN2/c14-11-6-9(15)1-3-13(11)18-12-4-2-10(16)5-8(12)7-17/h1-6,18H.